The van der Waals surface area contributed by atoms with E-state index in [9.17, 15) is 9.59 Å². The number of amides is 2. The largest absolute Gasteiger partial charge is 0.273 e. The topological polar surface area (TPSA) is 81.2 Å². The van der Waals surface area contributed by atoms with E-state index in [-0.39, 0.29) is 0 Å². The van der Waals surface area contributed by atoms with Crippen molar-refractivity contribution in [3.63, 3.8) is 0 Å². The van der Waals surface area contributed by atoms with Gasteiger partial charge in [0, 0.05) is 13.1 Å². The summed E-state index contributed by atoms with van der Waals surface area (Å²) in [6.07, 6.45) is 3.34. The second kappa shape index (κ2) is 4.50. The van der Waals surface area contributed by atoms with Gasteiger partial charge in [-0.05, 0) is 36.4 Å². The zero-order valence-electron chi connectivity index (χ0n) is 9.27. The van der Waals surface area contributed by atoms with E-state index in [1.165, 1.54) is 11.6 Å². The maximum atomic E-state index is 11.9. The molecule has 1 rings (SSSR count). The van der Waals surface area contributed by atoms with Crippen molar-refractivity contribution in [3.05, 3.63) is 16.0 Å². The fourth-order valence-electron chi connectivity index (χ4n) is 1.14. The second-order valence-corrected chi connectivity index (χ2v) is 5.10. The van der Waals surface area contributed by atoms with Crippen LogP contribution in [0, 0.1) is 3.57 Å². The summed E-state index contributed by atoms with van der Waals surface area (Å²) in [6, 6.07) is 0. The molecular formula is C9H13IN4O2. The fraction of sp³-hybridized carbons (Fsp3) is 0.444. The van der Waals surface area contributed by atoms with Gasteiger partial charge in [-0.25, -0.2) is 10.9 Å². The molecule has 1 heterocycles. The van der Waals surface area contributed by atoms with Gasteiger partial charge in [-0.15, -0.1) is 0 Å². The number of aromatic nitrogens is 2. The van der Waals surface area contributed by atoms with Crippen LogP contribution in [-0.4, -0.2) is 26.6 Å². The average molecular weight is 336 g/mol. The van der Waals surface area contributed by atoms with Crippen LogP contribution < -0.4 is 5.84 Å². The van der Waals surface area contributed by atoms with Crippen LogP contribution >= 0.6 is 22.6 Å². The summed E-state index contributed by atoms with van der Waals surface area (Å²) in [7, 11) is 0. The molecule has 0 aliphatic heterocycles. The number of nitrogens with two attached hydrogens (primary N) is 1. The van der Waals surface area contributed by atoms with Gasteiger partial charge in [0.05, 0.1) is 9.77 Å². The number of nitrogens with zero attached hydrogens (tertiary/aromatic N) is 3. The Labute approximate surface area is 107 Å². The highest BCUT2D eigenvalue weighted by Gasteiger charge is 2.35. The Morgan fingerprint density at radius 3 is 2.50 bits per heavy atom. The van der Waals surface area contributed by atoms with Gasteiger partial charge in [-0.1, -0.05) is 0 Å². The van der Waals surface area contributed by atoms with Gasteiger partial charge in [-0.3, -0.25) is 14.3 Å². The second-order valence-electron chi connectivity index (χ2n) is 3.86. The lowest BCUT2D eigenvalue weighted by Gasteiger charge is -2.27. The lowest BCUT2D eigenvalue weighted by Crippen LogP contribution is -2.52. The third-order valence-corrected chi connectivity index (χ3v) is 2.76. The molecule has 0 aliphatic carbocycles. The zero-order valence-corrected chi connectivity index (χ0v) is 11.4. The van der Waals surface area contributed by atoms with Gasteiger partial charge in [0.15, 0.2) is 0 Å². The summed E-state index contributed by atoms with van der Waals surface area (Å²) in [4.78, 5) is 23.0. The smallest absolute Gasteiger partial charge is 0.270 e. The van der Waals surface area contributed by atoms with Crippen LogP contribution in [0.1, 0.15) is 20.8 Å². The Morgan fingerprint density at radius 2 is 2.12 bits per heavy atom. The molecule has 7 heteroatoms. The molecule has 6 nitrogen and oxygen atoms in total. The van der Waals surface area contributed by atoms with Crippen molar-refractivity contribution in [1.29, 1.82) is 0 Å². The molecule has 2 amide bonds. The summed E-state index contributed by atoms with van der Waals surface area (Å²) < 4.78 is 2.39. The van der Waals surface area contributed by atoms with Crippen LogP contribution in [0.3, 0.4) is 0 Å². The standard InChI is InChI=1S/C9H13IN4O2/c1-6(15)14(11)8(16)9(2,3)13-5-7(10)4-12-13/h4-5H,11H2,1-3H3. The predicted octanol–water partition coefficient (Wildman–Crippen LogP) is 0.472. The van der Waals surface area contributed by atoms with Gasteiger partial charge in [0.2, 0.25) is 5.91 Å². The molecule has 0 aromatic carbocycles. The maximum absolute atomic E-state index is 11.9. The zero-order chi connectivity index (χ0) is 12.5. The van der Waals surface area contributed by atoms with Crippen LogP contribution in [-0.2, 0) is 15.1 Å². The van der Waals surface area contributed by atoms with E-state index >= 15 is 0 Å². The first-order valence-corrected chi connectivity index (χ1v) is 5.65. The molecule has 0 radical (unpaired) electrons. The van der Waals surface area contributed by atoms with Gasteiger partial charge in [0.25, 0.3) is 5.91 Å². The number of imide groups is 1. The average Bonchev–Trinajstić information content (AvgIpc) is 2.62. The molecule has 16 heavy (non-hydrogen) atoms. The molecule has 1 aromatic rings. The molecule has 0 atom stereocenters. The first kappa shape index (κ1) is 13.1. The van der Waals surface area contributed by atoms with E-state index in [1.807, 2.05) is 0 Å². The quantitative estimate of drug-likeness (QED) is 0.368. The highest BCUT2D eigenvalue weighted by molar-refractivity contribution is 14.1. The number of hydrazine groups is 1. The summed E-state index contributed by atoms with van der Waals surface area (Å²) in [5.74, 6) is 4.38. The molecule has 0 saturated carbocycles. The van der Waals surface area contributed by atoms with E-state index in [2.05, 4.69) is 27.7 Å². The minimum absolute atomic E-state index is 0.500. The van der Waals surface area contributed by atoms with Gasteiger partial charge < -0.3 is 0 Å². The number of halogens is 1. The first-order valence-electron chi connectivity index (χ1n) is 4.57. The first-order chi connectivity index (χ1) is 7.26. The SMILES string of the molecule is CC(=O)N(N)C(=O)C(C)(C)n1cc(I)cn1. The van der Waals surface area contributed by atoms with E-state index in [1.54, 1.807) is 26.2 Å². The van der Waals surface area contributed by atoms with Crippen LogP contribution in [0.4, 0.5) is 0 Å². The van der Waals surface area contributed by atoms with E-state index in [0.29, 0.717) is 5.01 Å². The number of rotatable bonds is 2. The van der Waals surface area contributed by atoms with E-state index in [4.69, 9.17) is 5.84 Å². The fourth-order valence-corrected chi connectivity index (χ4v) is 1.53. The van der Waals surface area contributed by atoms with Crippen molar-refractivity contribution < 1.29 is 9.59 Å². The Balaban J connectivity index is 3.02. The molecule has 1 aromatic heterocycles. The van der Waals surface area contributed by atoms with Crippen LogP contribution in [0.5, 0.6) is 0 Å². The normalized spacial score (nSPS) is 11.3. The summed E-state index contributed by atoms with van der Waals surface area (Å²) >= 11 is 2.09. The molecular weight excluding hydrogens is 323 g/mol. The summed E-state index contributed by atoms with van der Waals surface area (Å²) in [5, 5.41) is 4.65. The third-order valence-electron chi connectivity index (χ3n) is 2.21. The summed E-state index contributed by atoms with van der Waals surface area (Å²) in [5.41, 5.74) is -0.982. The molecule has 0 aliphatic rings. The third kappa shape index (κ3) is 2.40. The molecule has 0 unspecified atom stereocenters. The molecule has 0 fully saturated rings. The van der Waals surface area contributed by atoms with E-state index < -0.39 is 17.4 Å². The van der Waals surface area contributed by atoms with Crippen LogP contribution in [0.15, 0.2) is 12.4 Å². The van der Waals surface area contributed by atoms with Crippen LogP contribution in [0.2, 0.25) is 0 Å². The van der Waals surface area contributed by atoms with Crippen molar-refractivity contribution in [3.8, 4) is 0 Å². The predicted molar refractivity (Wildman–Crippen MR) is 66.0 cm³/mol. The lowest BCUT2D eigenvalue weighted by molar-refractivity contribution is -0.149. The van der Waals surface area contributed by atoms with Crippen LogP contribution in [0.25, 0.3) is 0 Å². The number of carbonyl (C=O) groups is 2. The lowest BCUT2D eigenvalue weighted by atomic mass is 10.0. The molecule has 0 spiro atoms. The molecule has 88 valence electrons. The van der Waals surface area contributed by atoms with Gasteiger partial charge in [0.1, 0.15) is 5.54 Å². The highest BCUT2D eigenvalue weighted by Crippen LogP contribution is 2.18. The number of carbonyl (C=O) groups excluding carboxylic acids is 2. The summed E-state index contributed by atoms with van der Waals surface area (Å²) in [6.45, 7) is 4.54. The molecule has 0 bridgehead atoms. The maximum Gasteiger partial charge on any atom is 0.270 e. The molecule has 0 saturated heterocycles. The number of hydrogen-bond donors (Lipinski definition) is 1. The Morgan fingerprint density at radius 1 is 1.56 bits per heavy atom. The van der Waals surface area contributed by atoms with Crippen molar-refractivity contribution >= 4 is 34.4 Å². The van der Waals surface area contributed by atoms with Crippen molar-refractivity contribution in [2.75, 3.05) is 0 Å². The highest BCUT2D eigenvalue weighted by atomic mass is 127. The Bertz CT molecular complexity index is 427. The van der Waals surface area contributed by atoms with Crippen molar-refractivity contribution in [1.82, 2.24) is 14.8 Å². The van der Waals surface area contributed by atoms with E-state index in [0.717, 1.165) is 3.57 Å². The minimum atomic E-state index is -0.982. The van der Waals surface area contributed by atoms with Gasteiger partial charge in [-0.2, -0.15) is 5.10 Å². The molecule has 2 N–H and O–H groups in total. The van der Waals surface area contributed by atoms with Crippen molar-refractivity contribution in [2.24, 2.45) is 5.84 Å². The monoisotopic (exact) mass is 336 g/mol. The Kier molecular flexibility index (Phi) is 3.68. The number of hydrogen-bond acceptors (Lipinski definition) is 4. The van der Waals surface area contributed by atoms with Crippen molar-refractivity contribution in [2.45, 2.75) is 26.3 Å². The minimum Gasteiger partial charge on any atom is -0.273 e. The van der Waals surface area contributed by atoms with Gasteiger partial charge >= 0.3 is 0 Å². The Hall–Kier alpha value is -0.960.